The van der Waals surface area contributed by atoms with E-state index in [1.165, 1.54) is 23.6 Å². The molecule has 5 heteroatoms. The maximum atomic E-state index is 4.75. The lowest BCUT2D eigenvalue weighted by Gasteiger charge is -2.06. The normalized spacial score (nSPS) is 11.8. The highest BCUT2D eigenvalue weighted by Gasteiger charge is 2.13. The molecule has 0 amide bonds. The smallest absolute Gasteiger partial charge is 0.194 e. The fraction of sp³-hybridized carbons (Fsp3) is 0.643. The average Bonchev–Trinajstić information content (AvgIpc) is 2.92. The van der Waals surface area contributed by atoms with Crippen molar-refractivity contribution in [2.24, 2.45) is 5.92 Å². The quantitative estimate of drug-likeness (QED) is 0.589. The Labute approximate surface area is 123 Å². The maximum Gasteiger partial charge on any atom is 0.194 e. The SMILES string of the molecule is CCCNCc1c(SCCC(C)C)nc2sccn12. The standard InChI is InChI=1S/C14H23N3S2/c1-4-6-15-10-12-13(18-8-5-11(2)3)16-14-17(12)7-9-19-14/h7,9,11,15H,4-6,8,10H2,1-3H3. The number of aromatic nitrogens is 2. The summed E-state index contributed by atoms with van der Waals surface area (Å²) in [5.41, 5.74) is 1.32. The summed E-state index contributed by atoms with van der Waals surface area (Å²) in [4.78, 5) is 5.86. The average molecular weight is 297 g/mol. The van der Waals surface area contributed by atoms with Crippen molar-refractivity contribution in [2.75, 3.05) is 12.3 Å². The molecule has 0 aromatic carbocycles. The van der Waals surface area contributed by atoms with Crippen LogP contribution in [0.4, 0.5) is 0 Å². The van der Waals surface area contributed by atoms with Crippen molar-refractivity contribution < 1.29 is 0 Å². The van der Waals surface area contributed by atoms with Gasteiger partial charge in [-0.15, -0.1) is 23.1 Å². The third-order valence-electron chi connectivity index (χ3n) is 2.98. The van der Waals surface area contributed by atoms with Crippen molar-refractivity contribution in [1.82, 2.24) is 14.7 Å². The molecular formula is C14H23N3S2. The third kappa shape index (κ3) is 3.97. The molecule has 0 aliphatic heterocycles. The van der Waals surface area contributed by atoms with Crippen LogP contribution in [0.5, 0.6) is 0 Å². The summed E-state index contributed by atoms with van der Waals surface area (Å²) in [7, 11) is 0. The number of rotatable bonds is 8. The minimum absolute atomic E-state index is 0.762. The van der Waals surface area contributed by atoms with E-state index in [1.54, 1.807) is 11.3 Å². The van der Waals surface area contributed by atoms with Crippen molar-refractivity contribution in [3.8, 4) is 0 Å². The molecule has 2 rings (SSSR count). The molecular weight excluding hydrogens is 274 g/mol. The van der Waals surface area contributed by atoms with E-state index in [1.807, 2.05) is 11.8 Å². The van der Waals surface area contributed by atoms with E-state index >= 15 is 0 Å². The second-order valence-corrected chi connectivity index (χ2v) is 7.08. The van der Waals surface area contributed by atoms with Crippen LogP contribution in [0.25, 0.3) is 4.96 Å². The van der Waals surface area contributed by atoms with E-state index in [9.17, 15) is 0 Å². The highest BCUT2D eigenvalue weighted by molar-refractivity contribution is 7.99. The number of hydrogen-bond donors (Lipinski definition) is 1. The summed E-state index contributed by atoms with van der Waals surface area (Å²) >= 11 is 3.61. The summed E-state index contributed by atoms with van der Waals surface area (Å²) in [5.74, 6) is 1.92. The first-order chi connectivity index (χ1) is 9.22. The summed E-state index contributed by atoms with van der Waals surface area (Å²) in [6.45, 7) is 8.72. The van der Waals surface area contributed by atoms with Crippen molar-refractivity contribution in [3.05, 3.63) is 17.3 Å². The third-order valence-corrected chi connectivity index (χ3v) is 4.77. The summed E-state index contributed by atoms with van der Waals surface area (Å²) in [6.07, 6.45) is 4.54. The van der Waals surface area contributed by atoms with Crippen LogP contribution < -0.4 is 5.32 Å². The highest BCUT2D eigenvalue weighted by Crippen LogP contribution is 2.27. The largest absolute Gasteiger partial charge is 0.311 e. The van der Waals surface area contributed by atoms with Gasteiger partial charge in [-0.2, -0.15) is 0 Å². The molecule has 0 saturated heterocycles. The molecule has 0 spiro atoms. The topological polar surface area (TPSA) is 29.3 Å². The zero-order valence-corrected chi connectivity index (χ0v) is 13.6. The first-order valence-electron chi connectivity index (χ1n) is 7.00. The maximum absolute atomic E-state index is 4.75. The first-order valence-corrected chi connectivity index (χ1v) is 8.86. The molecule has 0 atom stereocenters. The molecule has 106 valence electrons. The Bertz CT molecular complexity index is 502. The Hall–Kier alpha value is -0.520. The monoisotopic (exact) mass is 297 g/mol. The van der Waals surface area contributed by atoms with Crippen LogP contribution in [0.2, 0.25) is 0 Å². The zero-order valence-electron chi connectivity index (χ0n) is 12.0. The lowest BCUT2D eigenvalue weighted by Crippen LogP contribution is -2.15. The molecule has 1 N–H and O–H groups in total. The van der Waals surface area contributed by atoms with Crippen molar-refractivity contribution >= 4 is 28.1 Å². The minimum Gasteiger partial charge on any atom is -0.311 e. The van der Waals surface area contributed by atoms with Gasteiger partial charge in [-0.1, -0.05) is 20.8 Å². The number of imidazole rings is 1. The Balaban J connectivity index is 2.07. The van der Waals surface area contributed by atoms with E-state index in [4.69, 9.17) is 4.98 Å². The molecule has 0 unspecified atom stereocenters. The molecule has 0 radical (unpaired) electrons. The van der Waals surface area contributed by atoms with Gasteiger partial charge < -0.3 is 5.32 Å². The summed E-state index contributed by atoms with van der Waals surface area (Å²) in [6, 6.07) is 0. The minimum atomic E-state index is 0.762. The Morgan fingerprint density at radius 3 is 3.05 bits per heavy atom. The summed E-state index contributed by atoms with van der Waals surface area (Å²) in [5, 5.41) is 6.80. The molecule has 19 heavy (non-hydrogen) atoms. The van der Waals surface area contributed by atoms with Crippen LogP contribution in [0.3, 0.4) is 0 Å². The van der Waals surface area contributed by atoms with E-state index in [0.717, 1.165) is 29.7 Å². The highest BCUT2D eigenvalue weighted by atomic mass is 32.2. The van der Waals surface area contributed by atoms with Crippen LogP contribution in [0, 0.1) is 5.92 Å². The molecule has 2 aromatic heterocycles. The first kappa shape index (κ1) is 14.9. The van der Waals surface area contributed by atoms with Gasteiger partial charge >= 0.3 is 0 Å². The van der Waals surface area contributed by atoms with Crippen LogP contribution in [-0.4, -0.2) is 21.7 Å². The second kappa shape index (κ2) is 7.31. The van der Waals surface area contributed by atoms with E-state index < -0.39 is 0 Å². The molecule has 0 fully saturated rings. The van der Waals surface area contributed by atoms with Gasteiger partial charge in [0.15, 0.2) is 4.96 Å². The van der Waals surface area contributed by atoms with Gasteiger partial charge in [-0.05, 0) is 31.1 Å². The fourth-order valence-electron chi connectivity index (χ4n) is 1.86. The number of fused-ring (bicyclic) bond motifs is 1. The van der Waals surface area contributed by atoms with Crippen molar-refractivity contribution in [2.45, 2.75) is 45.2 Å². The fourth-order valence-corrected chi connectivity index (χ4v) is 3.93. The van der Waals surface area contributed by atoms with Gasteiger partial charge in [0, 0.05) is 18.1 Å². The predicted molar refractivity (Wildman–Crippen MR) is 85.2 cm³/mol. The van der Waals surface area contributed by atoms with E-state index in [2.05, 4.69) is 42.1 Å². The van der Waals surface area contributed by atoms with Crippen LogP contribution in [-0.2, 0) is 6.54 Å². The molecule has 0 aliphatic carbocycles. The predicted octanol–water partition coefficient (Wildman–Crippen LogP) is 4.03. The lowest BCUT2D eigenvalue weighted by atomic mass is 10.2. The van der Waals surface area contributed by atoms with Gasteiger partial charge in [0.25, 0.3) is 0 Å². The van der Waals surface area contributed by atoms with Gasteiger partial charge in [-0.25, -0.2) is 4.98 Å². The molecule has 0 bridgehead atoms. The zero-order chi connectivity index (χ0) is 13.7. The van der Waals surface area contributed by atoms with Crippen LogP contribution in [0.15, 0.2) is 16.6 Å². The van der Waals surface area contributed by atoms with Crippen LogP contribution in [0.1, 0.15) is 39.3 Å². The van der Waals surface area contributed by atoms with E-state index in [-0.39, 0.29) is 0 Å². The van der Waals surface area contributed by atoms with Gasteiger partial charge in [0.05, 0.1) is 5.69 Å². The number of thioether (sulfide) groups is 1. The molecule has 0 aliphatic rings. The number of thiazole rings is 1. The van der Waals surface area contributed by atoms with E-state index in [0.29, 0.717) is 0 Å². The molecule has 3 nitrogen and oxygen atoms in total. The summed E-state index contributed by atoms with van der Waals surface area (Å²) < 4.78 is 2.23. The van der Waals surface area contributed by atoms with Gasteiger partial charge in [0.2, 0.25) is 0 Å². The lowest BCUT2D eigenvalue weighted by molar-refractivity contribution is 0.631. The van der Waals surface area contributed by atoms with Gasteiger partial charge in [0.1, 0.15) is 5.03 Å². The number of nitrogens with one attached hydrogen (secondary N) is 1. The van der Waals surface area contributed by atoms with Crippen LogP contribution >= 0.6 is 23.1 Å². The molecule has 0 saturated carbocycles. The Morgan fingerprint density at radius 1 is 1.47 bits per heavy atom. The number of hydrogen-bond acceptors (Lipinski definition) is 4. The molecule has 2 heterocycles. The van der Waals surface area contributed by atoms with Crippen molar-refractivity contribution in [3.63, 3.8) is 0 Å². The number of nitrogens with zero attached hydrogens (tertiary/aromatic N) is 2. The Morgan fingerprint density at radius 2 is 2.32 bits per heavy atom. The van der Waals surface area contributed by atoms with Gasteiger partial charge in [-0.3, -0.25) is 4.40 Å². The molecule has 2 aromatic rings. The van der Waals surface area contributed by atoms with Crippen molar-refractivity contribution in [1.29, 1.82) is 0 Å². The Kier molecular flexibility index (Phi) is 5.73. The second-order valence-electron chi connectivity index (χ2n) is 5.13.